The minimum Gasteiger partial charge on any atom is -0.298 e. The Labute approximate surface area is 163 Å². The number of benzene rings is 2. The van der Waals surface area contributed by atoms with E-state index in [1.54, 1.807) is 12.3 Å². The quantitative estimate of drug-likeness (QED) is 0.498. The molecule has 28 heavy (non-hydrogen) atoms. The van der Waals surface area contributed by atoms with Crippen LogP contribution in [0.3, 0.4) is 0 Å². The van der Waals surface area contributed by atoms with E-state index >= 15 is 0 Å². The van der Waals surface area contributed by atoms with Gasteiger partial charge in [-0.2, -0.15) is 0 Å². The molecule has 0 spiro atoms. The molecule has 0 saturated carbocycles. The Morgan fingerprint density at radius 1 is 1.04 bits per heavy atom. The van der Waals surface area contributed by atoms with Gasteiger partial charge in [0, 0.05) is 16.3 Å². The number of pyridine rings is 1. The highest BCUT2D eigenvalue weighted by Crippen LogP contribution is 2.28. The van der Waals surface area contributed by atoms with Crippen molar-refractivity contribution in [1.82, 2.24) is 9.97 Å². The largest absolute Gasteiger partial charge is 0.298 e. The summed E-state index contributed by atoms with van der Waals surface area (Å²) in [7, 11) is 0. The number of thiazole rings is 1. The lowest BCUT2D eigenvalue weighted by molar-refractivity contribution is 0.102. The van der Waals surface area contributed by atoms with Crippen LogP contribution in [0.2, 0.25) is 0 Å². The summed E-state index contributed by atoms with van der Waals surface area (Å²) in [5, 5.41) is 5.75. The Morgan fingerprint density at radius 2 is 1.82 bits per heavy atom. The topological polar surface area (TPSA) is 54.9 Å². The number of hydrogen-bond donors (Lipinski definition) is 1. The van der Waals surface area contributed by atoms with Crippen LogP contribution in [-0.2, 0) is 0 Å². The molecule has 4 rings (SSSR count). The van der Waals surface area contributed by atoms with Crippen LogP contribution in [0.15, 0.2) is 47.8 Å². The minimum absolute atomic E-state index is 0.306. The maximum Gasteiger partial charge on any atom is 0.259 e. The molecule has 7 heteroatoms. The molecule has 1 N–H and O–H groups in total. The summed E-state index contributed by atoms with van der Waals surface area (Å²) in [6, 6.07) is 11.2. The lowest BCUT2D eigenvalue weighted by Crippen LogP contribution is -2.16. The van der Waals surface area contributed by atoms with Crippen LogP contribution in [-0.4, -0.2) is 15.9 Å². The maximum atomic E-state index is 13.4. The lowest BCUT2D eigenvalue weighted by Gasteiger charge is -2.11. The van der Waals surface area contributed by atoms with Crippen molar-refractivity contribution in [2.24, 2.45) is 0 Å². The fourth-order valence-corrected chi connectivity index (χ4v) is 3.86. The van der Waals surface area contributed by atoms with Crippen LogP contribution in [0.25, 0.3) is 22.2 Å². The van der Waals surface area contributed by atoms with Gasteiger partial charge in [0.25, 0.3) is 5.91 Å². The summed E-state index contributed by atoms with van der Waals surface area (Å²) in [4.78, 5) is 21.7. The third-order valence-corrected chi connectivity index (χ3v) is 5.26. The molecule has 140 valence electrons. The van der Waals surface area contributed by atoms with Crippen LogP contribution in [0.5, 0.6) is 0 Å². The van der Waals surface area contributed by atoms with Crippen LogP contribution in [0.1, 0.15) is 21.6 Å². The van der Waals surface area contributed by atoms with E-state index in [0.29, 0.717) is 27.6 Å². The number of nitrogens with zero attached hydrogens (tertiary/aromatic N) is 2. The first-order valence-corrected chi connectivity index (χ1v) is 9.40. The van der Waals surface area contributed by atoms with Crippen molar-refractivity contribution in [1.29, 1.82) is 0 Å². The summed E-state index contributed by atoms with van der Waals surface area (Å²) in [6.45, 7) is 3.68. The van der Waals surface area contributed by atoms with E-state index < -0.39 is 11.6 Å². The molecule has 0 atom stereocenters. The van der Waals surface area contributed by atoms with E-state index in [2.05, 4.69) is 15.3 Å². The third kappa shape index (κ3) is 3.25. The van der Waals surface area contributed by atoms with Gasteiger partial charge in [0.05, 0.1) is 22.5 Å². The minimum atomic E-state index is -0.940. The number of aryl methyl sites for hydroxylation is 2. The highest BCUT2D eigenvalue weighted by molar-refractivity contribution is 7.14. The molecular weight excluding hydrogens is 380 g/mol. The molecule has 1 amide bonds. The van der Waals surface area contributed by atoms with E-state index in [0.717, 1.165) is 28.6 Å². The number of amides is 1. The Hall–Kier alpha value is -3.19. The number of fused-ring (bicyclic) bond motifs is 1. The Bertz CT molecular complexity index is 1220. The predicted molar refractivity (Wildman–Crippen MR) is 107 cm³/mol. The van der Waals surface area contributed by atoms with Gasteiger partial charge in [-0.1, -0.05) is 18.2 Å². The second kappa shape index (κ2) is 7.09. The maximum absolute atomic E-state index is 13.4. The van der Waals surface area contributed by atoms with E-state index in [4.69, 9.17) is 0 Å². The van der Waals surface area contributed by atoms with Gasteiger partial charge < -0.3 is 0 Å². The summed E-state index contributed by atoms with van der Waals surface area (Å²) in [6.07, 6.45) is 0. The van der Waals surface area contributed by atoms with E-state index in [9.17, 15) is 13.6 Å². The number of carbonyl (C=O) groups is 1. The van der Waals surface area contributed by atoms with Gasteiger partial charge in [-0.05, 0) is 43.7 Å². The van der Waals surface area contributed by atoms with Crippen molar-refractivity contribution >= 4 is 33.3 Å². The predicted octanol–water partition coefficient (Wildman–Crippen LogP) is 5.51. The summed E-state index contributed by atoms with van der Waals surface area (Å²) in [5.74, 6) is -2.16. The molecule has 2 aromatic heterocycles. The smallest absolute Gasteiger partial charge is 0.259 e. The molecule has 4 aromatic rings. The summed E-state index contributed by atoms with van der Waals surface area (Å²) >= 11 is 1.21. The molecule has 0 aliphatic carbocycles. The number of aromatic nitrogens is 2. The first-order chi connectivity index (χ1) is 13.4. The molecule has 0 fully saturated rings. The summed E-state index contributed by atoms with van der Waals surface area (Å²) < 4.78 is 26.6. The standard InChI is InChI=1S/C21H15F2N3OS/c1-11-14-5-3-4-6-17(14)24-12(2)19(11)20(27)26-21-25-18(10-28-21)13-7-8-15(22)16(23)9-13/h3-10H,1-2H3,(H,25,26,27). The molecule has 0 radical (unpaired) electrons. The number of nitrogens with one attached hydrogen (secondary N) is 1. The van der Waals surface area contributed by atoms with Crippen LogP contribution in [0, 0.1) is 25.5 Å². The fraction of sp³-hybridized carbons (Fsp3) is 0.0952. The van der Waals surface area contributed by atoms with Crippen LogP contribution >= 0.6 is 11.3 Å². The zero-order chi connectivity index (χ0) is 19.8. The average molecular weight is 395 g/mol. The molecule has 2 heterocycles. The zero-order valence-electron chi connectivity index (χ0n) is 15.1. The molecule has 0 aliphatic rings. The average Bonchev–Trinajstić information content (AvgIpc) is 3.12. The van der Waals surface area contributed by atoms with Gasteiger partial charge in [-0.3, -0.25) is 15.1 Å². The van der Waals surface area contributed by atoms with Gasteiger partial charge in [0.1, 0.15) is 0 Å². The number of halogens is 2. The second-order valence-electron chi connectivity index (χ2n) is 6.34. The number of para-hydroxylation sites is 1. The van der Waals surface area contributed by atoms with Crippen molar-refractivity contribution in [3.05, 3.63) is 76.3 Å². The van der Waals surface area contributed by atoms with E-state index in [1.807, 2.05) is 31.2 Å². The first kappa shape index (κ1) is 18.2. The molecule has 0 unspecified atom stereocenters. The van der Waals surface area contributed by atoms with Crippen molar-refractivity contribution in [2.75, 3.05) is 5.32 Å². The Kier molecular flexibility index (Phi) is 4.60. The SMILES string of the molecule is Cc1nc2ccccc2c(C)c1C(=O)Nc1nc(-c2ccc(F)c(F)c2)cs1. The first-order valence-electron chi connectivity index (χ1n) is 8.52. The van der Waals surface area contributed by atoms with Gasteiger partial charge in [-0.25, -0.2) is 13.8 Å². The third-order valence-electron chi connectivity index (χ3n) is 4.50. The normalized spacial score (nSPS) is 11.0. The van der Waals surface area contributed by atoms with Gasteiger partial charge in [-0.15, -0.1) is 11.3 Å². The lowest BCUT2D eigenvalue weighted by atomic mass is 10.0. The number of rotatable bonds is 3. The molecule has 4 nitrogen and oxygen atoms in total. The van der Waals surface area contributed by atoms with Crippen molar-refractivity contribution in [3.63, 3.8) is 0 Å². The van der Waals surface area contributed by atoms with Gasteiger partial charge in [0.2, 0.25) is 0 Å². The number of hydrogen-bond acceptors (Lipinski definition) is 4. The Morgan fingerprint density at radius 3 is 2.61 bits per heavy atom. The van der Waals surface area contributed by atoms with E-state index in [-0.39, 0.29) is 5.91 Å². The van der Waals surface area contributed by atoms with Crippen LogP contribution in [0.4, 0.5) is 13.9 Å². The molecule has 0 bridgehead atoms. The van der Waals surface area contributed by atoms with Crippen LogP contribution < -0.4 is 5.32 Å². The van der Waals surface area contributed by atoms with Crippen molar-refractivity contribution < 1.29 is 13.6 Å². The Balaban J connectivity index is 1.64. The van der Waals surface area contributed by atoms with Crippen molar-refractivity contribution in [3.8, 4) is 11.3 Å². The molecule has 0 saturated heterocycles. The van der Waals surface area contributed by atoms with Gasteiger partial charge in [0.15, 0.2) is 16.8 Å². The highest BCUT2D eigenvalue weighted by atomic mass is 32.1. The monoisotopic (exact) mass is 395 g/mol. The number of carbonyl (C=O) groups excluding carboxylic acids is 1. The van der Waals surface area contributed by atoms with Gasteiger partial charge >= 0.3 is 0 Å². The molecule has 0 aliphatic heterocycles. The van der Waals surface area contributed by atoms with E-state index in [1.165, 1.54) is 17.4 Å². The highest BCUT2D eigenvalue weighted by Gasteiger charge is 2.18. The molecule has 2 aromatic carbocycles. The second-order valence-corrected chi connectivity index (χ2v) is 7.19. The zero-order valence-corrected chi connectivity index (χ0v) is 15.9. The number of anilines is 1. The summed E-state index contributed by atoms with van der Waals surface area (Å²) in [5.41, 5.74) is 3.72. The fourth-order valence-electron chi connectivity index (χ4n) is 3.14. The molecular formula is C21H15F2N3OS. The van der Waals surface area contributed by atoms with Crippen molar-refractivity contribution in [2.45, 2.75) is 13.8 Å².